The molecular formula is C12H9FN4. The predicted octanol–water partition coefficient (Wildman–Crippen LogP) is 2.36. The minimum absolute atomic E-state index is 0.299. The van der Waals surface area contributed by atoms with Gasteiger partial charge in [0.05, 0.1) is 5.52 Å². The highest BCUT2D eigenvalue weighted by atomic mass is 19.1. The summed E-state index contributed by atoms with van der Waals surface area (Å²) in [4.78, 5) is 12.6. The van der Waals surface area contributed by atoms with Crippen LogP contribution in [0.1, 0.15) is 0 Å². The van der Waals surface area contributed by atoms with Crippen molar-refractivity contribution in [2.24, 2.45) is 0 Å². The molecule has 4 nitrogen and oxygen atoms in total. The Morgan fingerprint density at radius 1 is 1.12 bits per heavy atom. The average Bonchev–Trinajstić information content (AvgIpc) is 2.35. The molecule has 0 saturated heterocycles. The van der Waals surface area contributed by atoms with E-state index in [0.717, 1.165) is 10.8 Å². The monoisotopic (exact) mass is 228 g/mol. The number of hydrogen-bond acceptors (Lipinski definition) is 4. The summed E-state index contributed by atoms with van der Waals surface area (Å²) in [6.45, 7) is 0. The van der Waals surface area contributed by atoms with Crippen LogP contribution < -0.4 is 5.32 Å². The maximum Gasteiger partial charge on any atom is 0.224 e. The molecule has 3 rings (SSSR count). The lowest BCUT2D eigenvalue weighted by atomic mass is 10.2. The lowest BCUT2D eigenvalue weighted by Crippen LogP contribution is -1.97. The van der Waals surface area contributed by atoms with Crippen molar-refractivity contribution >= 4 is 27.9 Å². The van der Waals surface area contributed by atoms with Crippen molar-refractivity contribution in [2.45, 2.75) is 0 Å². The fourth-order valence-corrected chi connectivity index (χ4v) is 1.71. The molecule has 17 heavy (non-hydrogen) atoms. The van der Waals surface area contributed by atoms with Gasteiger partial charge in [0.25, 0.3) is 0 Å². The highest BCUT2D eigenvalue weighted by molar-refractivity contribution is 5.90. The lowest BCUT2D eigenvalue weighted by molar-refractivity contribution is 0.629. The quantitative estimate of drug-likeness (QED) is 0.649. The van der Waals surface area contributed by atoms with Gasteiger partial charge in [0.1, 0.15) is 5.82 Å². The lowest BCUT2D eigenvalue weighted by Gasteiger charge is -2.02. The maximum atomic E-state index is 13.1. The van der Waals surface area contributed by atoms with Crippen molar-refractivity contribution in [3.8, 4) is 0 Å². The largest absolute Gasteiger partial charge is 0.357 e. The van der Waals surface area contributed by atoms with Gasteiger partial charge in [-0.25, -0.2) is 14.4 Å². The Balaban J connectivity index is 2.36. The van der Waals surface area contributed by atoms with Gasteiger partial charge in [-0.05, 0) is 18.2 Å². The molecule has 0 saturated carbocycles. The Morgan fingerprint density at radius 2 is 2.00 bits per heavy atom. The van der Waals surface area contributed by atoms with Crippen molar-refractivity contribution in [3.05, 3.63) is 36.3 Å². The van der Waals surface area contributed by atoms with Crippen molar-refractivity contribution in [1.82, 2.24) is 15.0 Å². The third kappa shape index (κ3) is 1.65. The van der Waals surface area contributed by atoms with E-state index in [1.54, 1.807) is 19.3 Å². The first-order chi connectivity index (χ1) is 8.26. The first-order valence-electron chi connectivity index (χ1n) is 5.17. The molecular weight excluding hydrogens is 219 g/mol. The molecule has 0 aliphatic carbocycles. The van der Waals surface area contributed by atoms with E-state index in [9.17, 15) is 4.39 Å². The van der Waals surface area contributed by atoms with E-state index in [1.165, 1.54) is 12.1 Å². The van der Waals surface area contributed by atoms with E-state index in [-0.39, 0.29) is 5.82 Å². The van der Waals surface area contributed by atoms with Crippen LogP contribution in [0.2, 0.25) is 0 Å². The van der Waals surface area contributed by atoms with Gasteiger partial charge < -0.3 is 5.32 Å². The van der Waals surface area contributed by atoms with E-state index < -0.39 is 0 Å². The number of hydrogen-bond donors (Lipinski definition) is 1. The molecule has 0 radical (unpaired) electrons. The highest BCUT2D eigenvalue weighted by Crippen LogP contribution is 2.19. The third-order valence-electron chi connectivity index (χ3n) is 2.55. The summed E-state index contributed by atoms with van der Waals surface area (Å²) in [6.07, 6.45) is 1.70. The summed E-state index contributed by atoms with van der Waals surface area (Å²) >= 11 is 0. The highest BCUT2D eigenvalue weighted by Gasteiger charge is 2.03. The molecule has 0 atom stereocenters. The van der Waals surface area contributed by atoms with Crippen LogP contribution in [0.15, 0.2) is 30.5 Å². The van der Waals surface area contributed by atoms with Gasteiger partial charge in [-0.2, -0.15) is 4.98 Å². The second kappa shape index (κ2) is 3.62. The van der Waals surface area contributed by atoms with E-state index in [0.29, 0.717) is 17.1 Å². The first-order valence-corrected chi connectivity index (χ1v) is 5.17. The average molecular weight is 228 g/mol. The molecule has 0 spiro atoms. The van der Waals surface area contributed by atoms with E-state index in [1.807, 2.05) is 6.07 Å². The van der Waals surface area contributed by atoms with Crippen molar-refractivity contribution in [3.63, 3.8) is 0 Å². The molecule has 3 aromatic rings. The number of benzene rings is 1. The predicted molar refractivity (Wildman–Crippen MR) is 64.3 cm³/mol. The Morgan fingerprint density at radius 3 is 2.82 bits per heavy atom. The number of fused-ring (bicyclic) bond motifs is 2. The zero-order valence-electron chi connectivity index (χ0n) is 9.11. The van der Waals surface area contributed by atoms with Crippen LogP contribution >= 0.6 is 0 Å². The third-order valence-corrected chi connectivity index (χ3v) is 2.55. The van der Waals surface area contributed by atoms with Gasteiger partial charge in [-0.3, -0.25) is 0 Å². The van der Waals surface area contributed by atoms with Gasteiger partial charge in [0, 0.05) is 30.1 Å². The number of halogens is 1. The van der Waals surface area contributed by atoms with Crippen molar-refractivity contribution in [1.29, 1.82) is 0 Å². The molecule has 2 heterocycles. The number of anilines is 1. The summed E-state index contributed by atoms with van der Waals surface area (Å²) in [5.74, 6) is 0.202. The van der Waals surface area contributed by atoms with Crippen LogP contribution in [0.4, 0.5) is 10.3 Å². The Labute approximate surface area is 96.5 Å². The second-order valence-electron chi connectivity index (χ2n) is 3.68. The Hall–Kier alpha value is -2.30. The topological polar surface area (TPSA) is 50.7 Å². The van der Waals surface area contributed by atoms with Gasteiger partial charge in [0.2, 0.25) is 5.95 Å². The van der Waals surface area contributed by atoms with E-state index >= 15 is 0 Å². The minimum atomic E-state index is -0.299. The molecule has 1 N–H and O–H groups in total. The zero-order chi connectivity index (χ0) is 11.8. The minimum Gasteiger partial charge on any atom is -0.357 e. The molecule has 0 fully saturated rings. The van der Waals surface area contributed by atoms with Crippen molar-refractivity contribution in [2.75, 3.05) is 12.4 Å². The fraction of sp³-hybridized carbons (Fsp3) is 0.0833. The smallest absolute Gasteiger partial charge is 0.224 e. The van der Waals surface area contributed by atoms with Gasteiger partial charge in [-0.15, -0.1) is 0 Å². The SMILES string of the molecule is CNc1ncc2cc3ccc(F)cc3nc2n1. The maximum absolute atomic E-state index is 13.1. The summed E-state index contributed by atoms with van der Waals surface area (Å²) in [7, 11) is 1.74. The van der Waals surface area contributed by atoms with Crippen LogP contribution in [0, 0.1) is 5.82 Å². The first kappa shape index (κ1) is 9.89. The van der Waals surface area contributed by atoms with Gasteiger partial charge >= 0.3 is 0 Å². The fourth-order valence-electron chi connectivity index (χ4n) is 1.71. The Kier molecular flexibility index (Phi) is 2.11. The zero-order valence-corrected chi connectivity index (χ0v) is 9.11. The molecule has 0 aliphatic rings. The molecule has 0 amide bonds. The normalized spacial score (nSPS) is 10.9. The van der Waals surface area contributed by atoms with Crippen LogP contribution in [0.25, 0.3) is 21.9 Å². The molecule has 2 aromatic heterocycles. The van der Waals surface area contributed by atoms with E-state index in [4.69, 9.17) is 0 Å². The summed E-state index contributed by atoms with van der Waals surface area (Å²) < 4.78 is 13.1. The molecule has 84 valence electrons. The molecule has 0 bridgehead atoms. The second-order valence-corrected chi connectivity index (χ2v) is 3.68. The van der Waals surface area contributed by atoms with Crippen LogP contribution in [-0.4, -0.2) is 22.0 Å². The van der Waals surface area contributed by atoms with Crippen LogP contribution in [0.5, 0.6) is 0 Å². The Bertz CT molecular complexity index is 711. The van der Waals surface area contributed by atoms with Gasteiger partial charge in [-0.1, -0.05) is 0 Å². The molecule has 0 aliphatic heterocycles. The number of aromatic nitrogens is 3. The summed E-state index contributed by atoms with van der Waals surface area (Å²) in [5, 5.41) is 4.55. The van der Waals surface area contributed by atoms with Crippen molar-refractivity contribution < 1.29 is 4.39 Å². The van der Waals surface area contributed by atoms with Crippen LogP contribution in [-0.2, 0) is 0 Å². The number of nitrogens with one attached hydrogen (secondary N) is 1. The molecule has 0 unspecified atom stereocenters. The van der Waals surface area contributed by atoms with E-state index in [2.05, 4.69) is 20.3 Å². The summed E-state index contributed by atoms with van der Waals surface area (Å²) in [6, 6.07) is 6.41. The van der Waals surface area contributed by atoms with Gasteiger partial charge in [0.15, 0.2) is 5.65 Å². The number of nitrogens with zero attached hydrogens (tertiary/aromatic N) is 3. The number of pyridine rings is 1. The number of rotatable bonds is 1. The standard InChI is InChI=1S/C12H9FN4/c1-14-12-15-6-8-4-7-2-3-9(13)5-10(7)16-11(8)17-12/h2-6H,1H3,(H,14,15,16,17). The molecule has 5 heteroatoms. The molecule has 1 aromatic carbocycles. The summed E-state index contributed by atoms with van der Waals surface area (Å²) in [5.41, 5.74) is 1.15. The van der Waals surface area contributed by atoms with Crippen LogP contribution in [0.3, 0.4) is 0 Å².